The molecule has 5 nitrogen and oxygen atoms in total. The highest BCUT2D eigenvalue weighted by Gasteiger charge is 2.24. The first kappa shape index (κ1) is 14.8. The van der Waals surface area contributed by atoms with Gasteiger partial charge in [0.2, 0.25) is 0 Å². The van der Waals surface area contributed by atoms with E-state index < -0.39 is 4.92 Å². The lowest BCUT2D eigenvalue weighted by atomic mass is 9.87. The summed E-state index contributed by atoms with van der Waals surface area (Å²) in [5, 5.41) is 13.6. The van der Waals surface area contributed by atoms with E-state index in [-0.39, 0.29) is 28.2 Å². The average Bonchev–Trinajstić information content (AvgIpc) is 2.41. The predicted octanol–water partition coefficient (Wildman–Crippen LogP) is 3.56. The number of amides is 1. The van der Waals surface area contributed by atoms with E-state index in [4.69, 9.17) is 11.6 Å². The topological polar surface area (TPSA) is 72.2 Å². The van der Waals surface area contributed by atoms with Crippen molar-refractivity contribution < 1.29 is 9.72 Å². The zero-order chi connectivity index (χ0) is 14.7. The SMILES string of the molecule is CC1CCC(NC(=O)c2cccc([N+](=O)[O-])c2Cl)CC1. The van der Waals surface area contributed by atoms with E-state index in [0.717, 1.165) is 25.7 Å². The summed E-state index contributed by atoms with van der Waals surface area (Å²) in [5.74, 6) is 0.364. The van der Waals surface area contributed by atoms with E-state index in [0.29, 0.717) is 5.92 Å². The molecule has 0 saturated heterocycles. The van der Waals surface area contributed by atoms with Crippen molar-refractivity contribution in [3.05, 3.63) is 38.9 Å². The summed E-state index contributed by atoms with van der Waals surface area (Å²) in [5.41, 5.74) is -0.0731. The van der Waals surface area contributed by atoms with Crippen LogP contribution in [-0.4, -0.2) is 16.9 Å². The van der Waals surface area contributed by atoms with Crippen LogP contribution in [0.2, 0.25) is 5.02 Å². The van der Waals surface area contributed by atoms with Gasteiger partial charge in [-0.2, -0.15) is 0 Å². The predicted molar refractivity (Wildman–Crippen MR) is 77.0 cm³/mol. The Balaban J connectivity index is 2.10. The Morgan fingerprint density at radius 2 is 2.00 bits per heavy atom. The normalized spacial score (nSPS) is 22.3. The van der Waals surface area contributed by atoms with Crippen LogP contribution >= 0.6 is 11.6 Å². The van der Waals surface area contributed by atoms with E-state index in [2.05, 4.69) is 12.2 Å². The first-order valence-corrected chi connectivity index (χ1v) is 7.10. The van der Waals surface area contributed by atoms with Gasteiger partial charge in [-0.25, -0.2) is 0 Å². The second-order valence-electron chi connectivity index (χ2n) is 5.33. The molecule has 1 amide bonds. The number of rotatable bonds is 3. The number of nitro groups is 1. The van der Waals surface area contributed by atoms with Gasteiger partial charge in [-0.15, -0.1) is 0 Å². The lowest BCUT2D eigenvalue weighted by Crippen LogP contribution is -2.37. The second kappa shape index (κ2) is 6.22. The Morgan fingerprint density at radius 1 is 1.35 bits per heavy atom. The van der Waals surface area contributed by atoms with Crippen LogP contribution < -0.4 is 5.32 Å². The molecule has 1 N–H and O–H groups in total. The first-order valence-electron chi connectivity index (χ1n) is 6.72. The first-order chi connectivity index (χ1) is 9.49. The van der Waals surface area contributed by atoms with Crippen molar-refractivity contribution in [2.45, 2.75) is 38.6 Å². The molecule has 1 fully saturated rings. The van der Waals surface area contributed by atoms with E-state index in [1.54, 1.807) is 0 Å². The fraction of sp³-hybridized carbons (Fsp3) is 0.500. The third-order valence-corrected chi connectivity index (χ3v) is 4.17. The summed E-state index contributed by atoms with van der Waals surface area (Å²) in [6, 6.07) is 4.41. The molecule has 1 aliphatic carbocycles. The van der Waals surface area contributed by atoms with Crippen molar-refractivity contribution in [2.24, 2.45) is 5.92 Å². The third-order valence-electron chi connectivity index (χ3n) is 3.77. The van der Waals surface area contributed by atoms with Crippen molar-refractivity contribution >= 4 is 23.2 Å². The Morgan fingerprint density at radius 3 is 2.60 bits per heavy atom. The third kappa shape index (κ3) is 3.28. The minimum atomic E-state index is -0.582. The summed E-state index contributed by atoms with van der Waals surface area (Å²) in [4.78, 5) is 22.4. The average molecular weight is 297 g/mol. The van der Waals surface area contributed by atoms with E-state index >= 15 is 0 Å². The lowest BCUT2D eigenvalue weighted by Gasteiger charge is -2.27. The van der Waals surface area contributed by atoms with Crippen LogP contribution in [-0.2, 0) is 0 Å². The van der Waals surface area contributed by atoms with Crippen LogP contribution in [0.3, 0.4) is 0 Å². The van der Waals surface area contributed by atoms with E-state index in [9.17, 15) is 14.9 Å². The molecule has 1 aromatic rings. The van der Waals surface area contributed by atoms with Gasteiger partial charge in [0.15, 0.2) is 0 Å². The van der Waals surface area contributed by atoms with Crippen LogP contribution in [0.5, 0.6) is 0 Å². The maximum absolute atomic E-state index is 12.2. The summed E-state index contributed by atoms with van der Waals surface area (Å²) >= 11 is 5.94. The number of nitro benzene ring substituents is 1. The summed E-state index contributed by atoms with van der Waals surface area (Å²) in [7, 11) is 0. The molecule has 1 aliphatic rings. The molecule has 20 heavy (non-hydrogen) atoms. The van der Waals surface area contributed by atoms with Gasteiger partial charge in [0.1, 0.15) is 5.02 Å². The fourth-order valence-electron chi connectivity index (χ4n) is 2.50. The molecule has 0 unspecified atom stereocenters. The van der Waals surface area contributed by atoms with E-state index in [1.165, 1.54) is 18.2 Å². The van der Waals surface area contributed by atoms with Crippen LogP contribution in [0.4, 0.5) is 5.69 Å². The van der Waals surface area contributed by atoms with Crippen molar-refractivity contribution in [1.29, 1.82) is 0 Å². The van der Waals surface area contributed by atoms with Crippen molar-refractivity contribution in [3.63, 3.8) is 0 Å². The Hall–Kier alpha value is -1.62. The van der Waals surface area contributed by atoms with Gasteiger partial charge >= 0.3 is 0 Å². The van der Waals surface area contributed by atoms with Gasteiger partial charge < -0.3 is 5.32 Å². The van der Waals surface area contributed by atoms with Crippen LogP contribution in [0.25, 0.3) is 0 Å². The smallest absolute Gasteiger partial charge is 0.288 e. The number of hydrogen-bond acceptors (Lipinski definition) is 3. The Kier molecular flexibility index (Phi) is 4.60. The zero-order valence-electron chi connectivity index (χ0n) is 11.3. The number of nitrogens with zero attached hydrogens (tertiary/aromatic N) is 1. The quantitative estimate of drug-likeness (QED) is 0.684. The van der Waals surface area contributed by atoms with Crippen molar-refractivity contribution in [2.75, 3.05) is 0 Å². The molecular weight excluding hydrogens is 280 g/mol. The minimum absolute atomic E-state index is 0.0980. The lowest BCUT2D eigenvalue weighted by molar-refractivity contribution is -0.384. The Bertz CT molecular complexity index is 525. The largest absolute Gasteiger partial charge is 0.349 e. The molecule has 0 spiro atoms. The standard InChI is InChI=1S/C14H17ClN2O3/c1-9-5-7-10(8-6-9)16-14(18)11-3-2-4-12(13(11)15)17(19)20/h2-4,9-10H,5-8H2,1H3,(H,16,18). The molecule has 1 saturated carbocycles. The number of hydrogen-bond donors (Lipinski definition) is 1. The van der Waals surface area contributed by atoms with Gasteiger partial charge in [0, 0.05) is 12.1 Å². The highest BCUT2D eigenvalue weighted by atomic mass is 35.5. The molecule has 2 rings (SSSR count). The number of carbonyl (C=O) groups is 1. The molecule has 0 atom stereocenters. The number of halogens is 1. The number of benzene rings is 1. The molecule has 6 heteroatoms. The molecule has 0 radical (unpaired) electrons. The van der Waals surface area contributed by atoms with Crippen molar-refractivity contribution in [3.8, 4) is 0 Å². The monoisotopic (exact) mass is 296 g/mol. The van der Waals surface area contributed by atoms with Crippen LogP contribution in [0, 0.1) is 16.0 Å². The maximum Gasteiger partial charge on any atom is 0.288 e. The van der Waals surface area contributed by atoms with Crippen LogP contribution in [0.15, 0.2) is 18.2 Å². The minimum Gasteiger partial charge on any atom is -0.349 e. The van der Waals surface area contributed by atoms with Gasteiger partial charge in [0.25, 0.3) is 11.6 Å². The highest BCUT2D eigenvalue weighted by Crippen LogP contribution is 2.28. The molecular formula is C14H17ClN2O3. The van der Waals surface area contributed by atoms with Crippen LogP contribution in [0.1, 0.15) is 43.0 Å². The molecule has 0 bridgehead atoms. The molecule has 1 aromatic carbocycles. The Labute approximate surface area is 122 Å². The van der Waals surface area contributed by atoms with Gasteiger partial charge in [-0.1, -0.05) is 24.6 Å². The molecule has 0 aromatic heterocycles. The van der Waals surface area contributed by atoms with E-state index in [1.807, 2.05) is 0 Å². The summed E-state index contributed by atoms with van der Waals surface area (Å²) in [6.45, 7) is 2.20. The van der Waals surface area contributed by atoms with Gasteiger partial charge in [0.05, 0.1) is 10.5 Å². The fourth-order valence-corrected chi connectivity index (χ4v) is 2.78. The summed E-state index contributed by atoms with van der Waals surface area (Å²) in [6.07, 6.45) is 4.07. The highest BCUT2D eigenvalue weighted by molar-refractivity contribution is 6.35. The van der Waals surface area contributed by atoms with Crippen molar-refractivity contribution in [1.82, 2.24) is 5.32 Å². The maximum atomic E-state index is 12.2. The number of carbonyl (C=O) groups excluding carboxylic acids is 1. The molecule has 0 heterocycles. The van der Waals surface area contributed by atoms with Gasteiger partial charge in [-0.05, 0) is 37.7 Å². The molecule has 108 valence electrons. The van der Waals surface area contributed by atoms with Gasteiger partial charge in [-0.3, -0.25) is 14.9 Å². The zero-order valence-corrected chi connectivity index (χ0v) is 12.0. The second-order valence-corrected chi connectivity index (χ2v) is 5.70. The summed E-state index contributed by atoms with van der Waals surface area (Å²) < 4.78 is 0. The number of nitrogens with one attached hydrogen (secondary N) is 1. The molecule has 0 aliphatic heterocycles.